The Balaban J connectivity index is 1.50. The average molecular weight is 365 g/mol. The van der Waals surface area contributed by atoms with Crippen molar-refractivity contribution in [1.29, 1.82) is 0 Å². The molecule has 0 unspecified atom stereocenters. The number of rotatable bonds is 6. The van der Waals surface area contributed by atoms with E-state index in [9.17, 15) is 18.0 Å². The minimum Gasteiger partial charge on any atom is -0.368 e. The molecule has 1 fully saturated rings. The molecule has 138 valence electrons. The van der Waals surface area contributed by atoms with Crippen molar-refractivity contribution in [2.45, 2.75) is 12.8 Å². The van der Waals surface area contributed by atoms with Crippen molar-refractivity contribution < 1.29 is 18.0 Å². The summed E-state index contributed by atoms with van der Waals surface area (Å²) in [6.45, 7) is 2.41. The van der Waals surface area contributed by atoms with Gasteiger partial charge in [-0.1, -0.05) is 0 Å². The molecule has 0 atom stereocenters. The van der Waals surface area contributed by atoms with Crippen LogP contribution in [-0.4, -0.2) is 42.1 Å². The van der Waals surface area contributed by atoms with Crippen LogP contribution in [0.1, 0.15) is 23.2 Å². The second-order valence-corrected chi connectivity index (χ2v) is 5.86. The van der Waals surface area contributed by atoms with Gasteiger partial charge in [0, 0.05) is 32.2 Å². The van der Waals surface area contributed by atoms with Crippen LogP contribution < -0.4 is 15.5 Å². The highest BCUT2D eigenvalue weighted by atomic mass is 19.2. The van der Waals surface area contributed by atoms with E-state index in [4.69, 9.17) is 0 Å². The SMILES string of the molecule is O=C(NCCNc1cc(N2CCCC2)ncn1)c1ccc(F)c(F)c1F. The predicted octanol–water partition coefficient (Wildman–Crippen LogP) is 2.34. The Morgan fingerprint density at radius 2 is 1.85 bits per heavy atom. The van der Waals surface area contributed by atoms with Crippen molar-refractivity contribution in [1.82, 2.24) is 15.3 Å². The molecular weight excluding hydrogens is 347 g/mol. The Bertz CT molecular complexity index is 796. The first kappa shape index (κ1) is 18.0. The van der Waals surface area contributed by atoms with Crippen LogP contribution in [-0.2, 0) is 0 Å². The van der Waals surface area contributed by atoms with Gasteiger partial charge in [0.25, 0.3) is 5.91 Å². The highest BCUT2D eigenvalue weighted by Gasteiger charge is 2.18. The molecule has 6 nitrogen and oxygen atoms in total. The molecular formula is C17H18F3N5O. The van der Waals surface area contributed by atoms with Gasteiger partial charge >= 0.3 is 0 Å². The van der Waals surface area contributed by atoms with Gasteiger partial charge in [-0.3, -0.25) is 4.79 Å². The fraction of sp³-hybridized carbons (Fsp3) is 0.353. The molecule has 2 aromatic rings. The summed E-state index contributed by atoms with van der Waals surface area (Å²) in [4.78, 5) is 22.4. The maximum atomic E-state index is 13.6. The highest BCUT2D eigenvalue weighted by molar-refractivity contribution is 5.94. The van der Waals surface area contributed by atoms with E-state index in [1.165, 1.54) is 6.33 Å². The van der Waals surface area contributed by atoms with Gasteiger partial charge in [-0.25, -0.2) is 23.1 Å². The second kappa shape index (κ2) is 8.03. The molecule has 1 aliphatic rings. The number of amides is 1. The van der Waals surface area contributed by atoms with E-state index in [-0.39, 0.29) is 6.54 Å². The minimum atomic E-state index is -1.66. The smallest absolute Gasteiger partial charge is 0.254 e. The van der Waals surface area contributed by atoms with Gasteiger partial charge in [-0.05, 0) is 25.0 Å². The third kappa shape index (κ3) is 4.04. The highest BCUT2D eigenvalue weighted by Crippen LogP contribution is 2.19. The number of nitrogens with zero attached hydrogens (tertiary/aromatic N) is 3. The van der Waals surface area contributed by atoms with Crippen LogP contribution in [0.25, 0.3) is 0 Å². The summed E-state index contributed by atoms with van der Waals surface area (Å²) >= 11 is 0. The van der Waals surface area contributed by atoms with E-state index in [0.29, 0.717) is 18.4 Å². The van der Waals surface area contributed by atoms with Crippen molar-refractivity contribution in [2.24, 2.45) is 0 Å². The maximum Gasteiger partial charge on any atom is 0.254 e. The topological polar surface area (TPSA) is 70.2 Å². The van der Waals surface area contributed by atoms with Gasteiger partial charge < -0.3 is 15.5 Å². The maximum absolute atomic E-state index is 13.6. The standard InChI is InChI=1S/C17H18F3N5O/c18-12-4-3-11(15(19)16(12)20)17(26)22-6-5-21-13-9-14(24-10-23-13)25-7-1-2-8-25/h3-4,9-10H,1-2,5-8H2,(H,22,26)(H,21,23,24). The van der Waals surface area contributed by atoms with Crippen LogP contribution in [0.2, 0.25) is 0 Å². The number of halogens is 3. The van der Waals surface area contributed by atoms with E-state index in [1.54, 1.807) is 0 Å². The minimum absolute atomic E-state index is 0.153. The van der Waals surface area contributed by atoms with Crippen molar-refractivity contribution in [2.75, 3.05) is 36.4 Å². The predicted molar refractivity (Wildman–Crippen MR) is 90.6 cm³/mol. The summed E-state index contributed by atoms with van der Waals surface area (Å²) in [6.07, 6.45) is 3.74. The summed E-state index contributed by atoms with van der Waals surface area (Å²) in [7, 11) is 0. The number of hydrogen-bond donors (Lipinski definition) is 2. The van der Waals surface area contributed by atoms with Crippen molar-refractivity contribution in [3.8, 4) is 0 Å². The molecule has 2 N–H and O–H groups in total. The lowest BCUT2D eigenvalue weighted by atomic mass is 10.2. The molecule has 1 aliphatic heterocycles. The number of carbonyl (C=O) groups excluding carboxylic acids is 1. The Labute approximate surface area is 148 Å². The lowest BCUT2D eigenvalue weighted by molar-refractivity contribution is 0.0950. The van der Waals surface area contributed by atoms with E-state index in [0.717, 1.165) is 37.8 Å². The molecule has 1 aromatic heterocycles. The quantitative estimate of drug-likeness (QED) is 0.607. The van der Waals surface area contributed by atoms with Gasteiger partial charge in [0.15, 0.2) is 17.5 Å². The fourth-order valence-corrected chi connectivity index (χ4v) is 2.73. The molecule has 0 aliphatic carbocycles. The third-order valence-electron chi connectivity index (χ3n) is 4.08. The molecule has 1 amide bonds. The molecule has 3 rings (SSSR count). The average Bonchev–Trinajstić information content (AvgIpc) is 3.18. The van der Waals surface area contributed by atoms with E-state index < -0.39 is 28.9 Å². The van der Waals surface area contributed by atoms with E-state index in [2.05, 4.69) is 25.5 Å². The summed E-state index contributed by atoms with van der Waals surface area (Å²) in [5.41, 5.74) is -0.540. The van der Waals surface area contributed by atoms with Crippen molar-refractivity contribution in [3.05, 3.63) is 47.5 Å². The van der Waals surface area contributed by atoms with Crippen LogP contribution in [0.5, 0.6) is 0 Å². The zero-order valence-electron chi connectivity index (χ0n) is 13.9. The van der Waals surface area contributed by atoms with Crippen molar-refractivity contribution in [3.63, 3.8) is 0 Å². The summed E-state index contributed by atoms with van der Waals surface area (Å²) in [5, 5.41) is 5.47. The van der Waals surface area contributed by atoms with Crippen LogP contribution in [0, 0.1) is 17.5 Å². The monoisotopic (exact) mass is 365 g/mol. The van der Waals surface area contributed by atoms with Gasteiger partial charge in [-0.15, -0.1) is 0 Å². The van der Waals surface area contributed by atoms with Crippen molar-refractivity contribution >= 4 is 17.5 Å². The number of hydrogen-bond acceptors (Lipinski definition) is 5. The normalized spacial score (nSPS) is 13.7. The number of aromatic nitrogens is 2. The second-order valence-electron chi connectivity index (χ2n) is 5.86. The first-order valence-electron chi connectivity index (χ1n) is 8.29. The van der Waals surface area contributed by atoms with E-state index >= 15 is 0 Å². The van der Waals surface area contributed by atoms with E-state index in [1.807, 2.05) is 6.07 Å². The lowest BCUT2D eigenvalue weighted by Crippen LogP contribution is -2.30. The fourth-order valence-electron chi connectivity index (χ4n) is 2.73. The Kier molecular flexibility index (Phi) is 5.55. The molecule has 1 aromatic carbocycles. The molecule has 1 saturated heterocycles. The van der Waals surface area contributed by atoms with Gasteiger partial charge in [0.05, 0.1) is 5.56 Å². The van der Waals surface area contributed by atoms with Crippen LogP contribution in [0.15, 0.2) is 24.5 Å². The zero-order valence-corrected chi connectivity index (χ0v) is 13.9. The van der Waals surface area contributed by atoms with Crippen LogP contribution in [0.4, 0.5) is 24.8 Å². The molecule has 26 heavy (non-hydrogen) atoms. The van der Waals surface area contributed by atoms with Gasteiger partial charge in [-0.2, -0.15) is 0 Å². The molecule has 0 bridgehead atoms. The Hall–Kier alpha value is -2.84. The number of carbonyl (C=O) groups is 1. The Morgan fingerprint density at radius 3 is 2.62 bits per heavy atom. The van der Waals surface area contributed by atoms with Crippen LogP contribution in [0.3, 0.4) is 0 Å². The van der Waals surface area contributed by atoms with Gasteiger partial charge in [0.2, 0.25) is 0 Å². The van der Waals surface area contributed by atoms with Crippen LogP contribution >= 0.6 is 0 Å². The molecule has 0 radical (unpaired) electrons. The largest absolute Gasteiger partial charge is 0.368 e. The molecule has 9 heteroatoms. The number of anilines is 2. The zero-order chi connectivity index (χ0) is 18.5. The summed E-state index contributed by atoms with van der Waals surface area (Å²) in [5.74, 6) is -3.86. The number of benzene rings is 1. The summed E-state index contributed by atoms with van der Waals surface area (Å²) in [6, 6.07) is 3.44. The molecule has 0 spiro atoms. The Morgan fingerprint density at radius 1 is 1.08 bits per heavy atom. The lowest BCUT2D eigenvalue weighted by Gasteiger charge is -2.16. The molecule has 0 saturated carbocycles. The number of nitrogens with one attached hydrogen (secondary N) is 2. The van der Waals surface area contributed by atoms with Gasteiger partial charge in [0.1, 0.15) is 18.0 Å². The first-order valence-corrected chi connectivity index (χ1v) is 8.29. The first-order chi connectivity index (χ1) is 12.6. The summed E-state index contributed by atoms with van der Waals surface area (Å²) < 4.78 is 39.6. The molecule has 2 heterocycles. The third-order valence-corrected chi connectivity index (χ3v) is 4.08.